The highest BCUT2D eigenvalue weighted by atomic mass is 16.5. The Labute approximate surface area is 109 Å². The van der Waals surface area contributed by atoms with Gasteiger partial charge in [0.2, 0.25) is 5.91 Å². The normalized spacial score (nSPS) is 25.3. The van der Waals surface area contributed by atoms with Gasteiger partial charge in [-0.25, -0.2) is 0 Å². The van der Waals surface area contributed by atoms with Crippen molar-refractivity contribution in [2.45, 2.75) is 32.7 Å². The average Bonchev–Trinajstić information content (AvgIpc) is 2.37. The summed E-state index contributed by atoms with van der Waals surface area (Å²) in [4.78, 5) is 25.2. The lowest BCUT2D eigenvalue weighted by atomic mass is 9.91. The zero-order chi connectivity index (χ0) is 13.7. The van der Waals surface area contributed by atoms with E-state index >= 15 is 0 Å². The van der Waals surface area contributed by atoms with Crippen molar-refractivity contribution in [1.82, 2.24) is 10.2 Å². The Morgan fingerprint density at radius 1 is 1.50 bits per heavy atom. The van der Waals surface area contributed by atoms with Gasteiger partial charge in [-0.15, -0.1) is 0 Å². The number of ether oxygens (including phenoxy) is 1. The van der Waals surface area contributed by atoms with Crippen molar-refractivity contribution in [3.05, 3.63) is 0 Å². The Morgan fingerprint density at radius 2 is 2.17 bits per heavy atom. The second-order valence-electron chi connectivity index (χ2n) is 5.19. The van der Waals surface area contributed by atoms with Gasteiger partial charge in [0.05, 0.1) is 19.1 Å². The van der Waals surface area contributed by atoms with Gasteiger partial charge < -0.3 is 15.0 Å². The van der Waals surface area contributed by atoms with Crippen LogP contribution in [0, 0.1) is 11.8 Å². The zero-order valence-corrected chi connectivity index (χ0v) is 11.7. The molecule has 0 saturated carbocycles. The molecular formula is C13H24N2O3. The maximum Gasteiger partial charge on any atom is 0.310 e. The van der Waals surface area contributed by atoms with Gasteiger partial charge in [0.25, 0.3) is 0 Å². The van der Waals surface area contributed by atoms with Crippen LogP contribution in [0.3, 0.4) is 0 Å². The topological polar surface area (TPSA) is 58.6 Å². The minimum Gasteiger partial charge on any atom is -0.469 e. The standard InChI is InChI=1S/C13H24N2O3/c1-9-6-5-7-14-11(9)12(16)15(3)8-10(2)13(17)18-4/h9-11,14H,5-8H2,1-4H3. The van der Waals surface area contributed by atoms with E-state index in [0.717, 1.165) is 19.4 Å². The van der Waals surface area contributed by atoms with Gasteiger partial charge in [-0.3, -0.25) is 9.59 Å². The molecule has 3 unspecified atom stereocenters. The molecule has 1 aliphatic rings. The van der Waals surface area contributed by atoms with Crippen molar-refractivity contribution in [2.75, 3.05) is 27.2 Å². The number of carbonyl (C=O) groups is 2. The van der Waals surface area contributed by atoms with E-state index in [1.165, 1.54) is 7.11 Å². The Hall–Kier alpha value is -1.10. The van der Waals surface area contributed by atoms with E-state index < -0.39 is 0 Å². The van der Waals surface area contributed by atoms with Crippen LogP contribution < -0.4 is 5.32 Å². The molecule has 0 aromatic carbocycles. The summed E-state index contributed by atoms with van der Waals surface area (Å²) in [7, 11) is 3.11. The lowest BCUT2D eigenvalue weighted by molar-refractivity contribution is -0.146. The quantitative estimate of drug-likeness (QED) is 0.750. The summed E-state index contributed by atoms with van der Waals surface area (Å²) in [6.07, 6.45) is 2.19. The Kier molecular flexibility index (Phi) is 5.59. The van der Waals surface area contributed by atoms with E-state index in [1.807, 2.05) is 0 Å². The van der Waals surface area contributed by atoms with Crippen LogP contribution in [0.1, 0.15) is 26.7 Å². The molecule has 1 aliphatic heterocycles. The van der Waals surface area contributed by atoms with Gasteiger partial charge in [-0.05, 0) is 25.3 Å². The monoisotopic (exact) mass is 256 g/mol. The summed E-state index contributed by atoms with van der Waals surface area (Å²) in [5.74, 6) is -0.151. The average molecular weight is 256 g/mol. The van der Waals surface area contributed by atoms with Crippen LogP contribution in [0.25, 0.3) is 0 Å². The highest BCUT2D eigenvalue weighted by molar-refractivity contribution is 5.82. The zero-order valence-electron chi connectivity index (χ0n) is 11.7. The number of piperidine rings is 1. The maximum atomic E-state index is 12.3. The van der Waals surface area contributed by atoms with Crippen LogP contribution in [-0.2, 0) is 14.3 Å². The van der Waals surface area contributed by atoms with E-state index in [-0.39, 0.29) is 23.8 Å². The molecule has 0 aromatic rings. The summed E-state index contributed by atoms with van der Waals surface area (Å²) in [5.41, 5.74) is 0. The van der Waals surface area contributed by atoms with Crippen molar-refractivity contribution in [1.29, 1.82) is 0 Å². The van der Waals surface area contributed by atoms with Crippen molar-refractivity contribution in [3.8, 4) is 0 Å². The number of nitrogens with zero attached hydrogens (tertiary/aromatic N) is 1. The lowest BCUT2D eigenvalue weighted by Crippen LogP contribution is -2.52. The molecule has 0 aromatic heterocycles. The van der Waals surface area contributed by atoms with Crippen molar-refractivity contribution in [3.63, 3.8) is 0 Å². The van der Waals surface area contributed by atoms with Gasteiger partial charge in [0.1, 0.15) is 0 Å². The summed E-state index contributed by atoms with van der Waals surface area (Å²) < 4.78 is 4.67. The number of hydrogen-bond acceptors (Lipinski definition) is 4. The molecule has 18 heavy (non-hydrogen) atoms. The fraction of sp³-hybridized carbons (Fsp3) is 0.846. The summed E-state index contributed by atoms with van der Waals surface area (Å²) >= 11 is 0. The molecule has 104 valence electrons. The molecule has 1 fully saturated rings. The first kappa shape index (κ1) is 15.0. The van der Waals surface area contributed by atoms with Crippen LogP contribution in [0.4, 0.5) is 0 Å². The number of carbonyl (C=O) groups excluding carboxylic acids is 2. The molecule has 1 N–H and O–H groups in total. The number of nitrogens with one attached hydrogen (secondary N) is 1. The summed E-state index contributed by atoms with van der Waals surface area (Å²) in [6.45, 7) is 5.15. The molecule has 1 heterocycles. The number of esters is 1. The number of rotatable bonds is 4. The Bertz CT molecular complexity index is 307. The molecule has 1 saturated heterocycles. The van der Waals surface area contributed by atoms with Crippen LogP contribution >= 0.6 is 0 Å². The first-order chi connectivity index (χ1) is 8.47. The number of methoxy groups -OCH3 is 1. The maximum absolute atomic E-state index is 12.3. The molecule has 3 atom stereocenters. The molecular weight excluding hydrogens is 232 g/mol. The summed E-state index contributed by atoms with van der Waals surface area (Å²) in [6, 6.07) is -0.117. The largest absolute Gasteiger partial charge is 0.469 e. The van der Waals surface area contributed by atoms with E-state index in [4.69, 9.17) is 0 Å². The second kappa shape index (κ2) is 6.73. The van der Waals surface area contributed by atoms with Crippen LogP contribution in [-0.4, -0.2) is 50.1 Å². The minimum atomic E-state index is -0.289. The van der Waals surface area contributed by atoms with Crippen molar-refractivity contribution >= 4 is 11.9 Å². The lowest BCUT2D eigenvalue weighted by Gasteiger charge is -2.32. The van der Waals surface area contributed by atoms with Crippen molar-refractivity contribution < 1.29 is 14.3 Å². The van der Waals surface area contributed by atoms with Gasteiger partial charge in [-0.1, -0.05) is 13.8 Å². The van der Waals surface area contributed by atoms with Gasteiger partial charge in [0.15, 0.2) is 0 Å². The van der Waals surface area contributed by atoms with E-state index in [2.05, 4.69) is 17.0 Å². The van der Waals surface area contributed by atoms with Gasteiger partial charge in [-0.2, -0.15) is 0 Å². The van der Waals surface area contributed by atoms with E-state index in [9.17, 15) is 9.59 Å². The molecule has 5 heteroatoms. The van der Waals surface area contributed by atoms with Gasteiger partial charge in [0, 0.05) is 13.6 Å². The molecule has 0 bridgehead atoms. The Morgan fingerprint density at radius 3 is 2.72 bits per heavy atom. The van der Waals surface area contributed by atoms with Crippen LogP contribution in [0.2, 0.25) is 0 Å². The first-order valence-corrected chi connectivity index (χ1v) is 6.53. The number of amides is 1. The molecule has 1 amide bonds. The summed E-state index contributed by atoms with van der Waals surface area (Å²) in [5, 5.41) is 3.26. The first-order valence-electron chi connectivity index (χ1n) is 6.53. The predicted molar refractivity (Wildman–Crippen MR) is 69.0 cm³/mol. The van der Waals surface area contributed by atoms with Gasteiger partial charge >= 0.3 is 5.97 Å². The highest BCUT2D eigenvalue weighted by Crippen LogP contribution is 2.17. The molecule has 0 radical (unpaired) electrons. The van der Waals surface area contributed by atoms with E-state index in [0.29, 0.717) is 12.5 Å². The fourth-order valence-corrected chi connectivity index (χ4v) is 2.39. The third-order valence-electron chi connectivity index (χ3n) is 3.56. The Balaban J connectivity index is 2.52. The SMILES string of the molecule is COC(=O)C(C)CN(C)C(=O)C1NCCCC1C. The smallest absolute Gasteiger partial charge is 0.310 e. The molecule has 0 aliphatic carbocycles. The molecule has 5 nitrogen and oxygen atoms in total. The van der Waals surface area contributed by atoms with Crippen molar-refractivity contribution in [2.24, 2.45) is 11.8 Å². The second-order valence-corrected chi connectivity index (χ2v) is 5.19. The number of likely N-dealkylation sites (N-methyl/N-ethyl adjacent to an activating group) is 1. The number of hydrogen-bond donors (Lipinski definition) is 1. The third-order valence-corrected chi connectivity index (χ3v) is 3.56. The van der Waals surface area contributed by atoms with Crippen LogP contribution in [0.5, 0.6) is 0 Å². The minimum absolute atomic E-state index is 0.0675. The van der Waals surface area contributed by atoms with Crippen LogP contribution in [0.15, 0.2) is 0 Å². The highest BCUT2D eigenvalue weighted by Gasteiger charge is 2.30. The fourth-order valence-electron chi connectivity index (χ4n) is 2.39. The van der Waals surface area contributed by atoms with E-state index in [1.54, 1.807) is 18.9 Å². The molecule has 1 rings (SSSR count). The third kappa shape index (κ3) is 3.70. The predicted octanol–water partition coefficient (Wildman–Crippen LogP) is 0.642. The molecule has 0 spiro atoms.